The molecule has 0 aromatic heterocycles. The van der Waals surface area contributed by atoms with Crippen LogP contribution in [0.2, 0.25) is 0 Å². The summed E-state index contributed by atoms with van der Waals surface area (Å²) in [6, 6.07) is 3.29. The van der Waals surface area contributed by atoms with E-state index in [1.54, 1.807) is 0 Å². The van der Waals surface area contributed by atoms with Crippen LogP contribution in [0.4, 0.5) is 10.1 Å². The van der Waals surface area contributed by atoms with Gasteiger partial charge in [-0.15, -0.1) is 0 Å². The number of halogens is 1. The molecule has 2 saturated heterocycles. The molecule has 1 aromatic rings. The summed E-state index contributed by atoms with van der Waals surface area (Å²) < 4.78 is 25.0. The first-order valence-electron chi connectivity index (χ1n) is 7.03. The highest BCUT2D eigenvalue weighted by atomic mass is 19.1. The number of nitro groups is 1. The lowest BCUT2D eigenvalue weighted by molar-refractivity contribution is -0.385. The number of hydrogen-bond donors (Lipinski definition) is 1. The molecule has 0 bridgehead atoms. The molecule has 7 heteroatoms. The molecule has 3 rings (SSSR count). The molecule has 2 aliphatic heterocycles. The fourth-order valence-electron chi connectivity index (χ4n) is 3.02. The normalized spacial score (nSPS) is 24.1. The summed E-state index contributed by atoms with van der Waals surface area (Å²) in [5, 5.41) is 14.0. The van der Waals surface area contributed by atoms with Crippen molar-refractivity contribution in [3.63, 3.8) is 0 Å². The van der Waals surface area contributed by atoms with E-state index in [9.17, 15) is 14.5 Å². The summed E-state index contributed by atoms with van der Waals surface area (Å²) in [7, 11) is 0. The number of nitrogens with zero attached hydrogens (tertiary/aromatic N) is 1. The molecule has 0 radical (unpaired) electrons. The van der Waals surface area contributed by atoms with Gasteiger partial charge in [0.15, 0.2) is 0 Å². The zero-order valence-electron chi connectivity index (χ0n) is 11.5. The molecule has 1 atom stereocenters. The molecule has 0 saturated carbocycles. The Hall–Kier alpha value is -1.73. The van der Waals surface area contributed by atoms with Crippen LogP contribution in [0.25, 0.3) is 0 Å². The first-order chi connectivity index (χ1) is 10.1. The Morgan fingerprint density at radius 3 is 2.86 bits per heavy atom. The monoisotopic (exact) mass is 296 g/mol. The number of rotatable bonds is 3. The number of nitrogens with one attached hydrogen (secondary N) is 1. The maximum atomic E-state index is 13.4. The van der Waals surface area contributed by atoms with Gasteiger partial charge >= 0.3 is 0 Å². The molecule has 2 fully saturated rings. The highest BCUT2D eigenvalue weighted by Gasteiger charge is 2.42. The Morgan fingerprint density at radius 2 is 2.14 bits per heavy atom. The molecule has 6 nitrogen and oxygen atoms in total. The van der Waals surface area contributed by atoms with E-state index in [0.29, 0.717) is 6.61 Å². The van der Waals surface area contributed by atoms with E-state index in [2.05, 4.69) is 5.32 Å². The first-order valence-corrected chi connectivity index (χ1v) is 7.03. The van der Waals surface area contributed by atoms with Crippen molar-refractivity contribution in [3.05, 3.63) is 34.1 Å². The third-order valence-corrected chi connectivity index (χ3v) is 4.06. The second-order valence-corrected chi connectivity index (χ2v) is 5.59. The van der Waals surface area contributed by atoms with Crippen molar-refractivity contribution in [1.29, 1.82) is 0 Å². The average Bonchev–Trinajstić information content (AvgIpc) is 2.81. The summed E-state index contributed by atoms with van der Waals surface area (Å²) in [6.07, 6.45) is 2.40. The van der Waals surface area contributed by atoms with Crippen LogP contribution in [0.3, 0.4) is 0 Å². The van der Waals surface area contributed by atoms with Crippen LogP contribution in [0.1, 0.15) is 19.3 Å². The maximum absolute atomic E-state index is 13.4. The molecule has 2 heterocycles. The summed E-state index contributed by atoms with van der Waals surface area (Å²) in [5.41, 5.74) is -0.463. The molecule has 0 aliphatic carbocycles. The van der Waals surface area contributed by atoms with Gasteiger partial charge in [-0.1, -0.05) is 0 Å². The molecule has 0 amide bonds. The van der Waals surface area contributed by atoms with Crippen molar-refractivity contribution >= 4 is 5.69 Å². The van der Waals surface area contributed by atoms with Crippen molar-refractivity contribution in [1.82, 2.24) is 5.32 Å². The topological polar surface area (TPSA) is 73.6 Å². The summed E-state index contributed by atoms with van der Waals surface area (Å²) >= 11 is 0. The van der Waals surface area contributed by atoms with Crippen LogP contribution >= 0.6 is 0 Å². The Morgan fingerprint density at radius 1 is 1.38 bits per heavy atom. The van der Waals surface area contributed by atoms with Gasteiger partial charge in [0.2, 0.25) is 0 Å². The maximum Gasteiger partial charge on any atom is 0.276 e. The van der Waals surface area contributed by atoms with E-state index >= 15 is 0 Å². The van der Waals surface area contributed by atoms with Crippen LogP contribution in [0.15, 0.2) is 18.2 Å². The quantitative estimate of drug-likeness (QED) is 0.682. The minimum absolute atomic E-state index is 0.158. The lowest BCUT2D eigenvalue weighted by Gasteiger charge is -2.32. The summed E-state index contributed by atoms with van der Waals surface area (Å²) in [4.78, 5) is 10.1. The molecule has 2 aliphatic rings. The molecule has 1 unspecified atom stereocenters. The van der Waals surface area contributed by atoms with Crippen molar-refractivity contribution in [2.24, 2.45) is 0 Å². The SMILES string of the molecule is O=[N+]([O-])c1cc(F)cc(OC2COC3(CCNCC3)C2)c1. The largest absolute Gasteiger partial charge is 0.488 e. The van der Waals surface area contributed by atoms with Gasteiger partial charge < -0.3 is 14.8 Å². The van der Waals surface area contributed by atoms with Crippen LogP contribution in [0.5, 0.6) is 5.75 Å². The van der Waals surface area contributed by atoms with Gasteiger partial charge in [-0.25, -0.2) is 4.39 Å². The van der Waals surface area contributed by atoms with E-state index in [1.807, 2.05) is 0 Å². The van der Waals surface area contributed by atoms with Crippen LogP contribution in [0, 0.1) is 15.9 Å². The predicted octanol–water partition coefficient (Wildman–Crippen LogP) is 2.02. The smallest absolute Gasteiger partial charge is 0.276 e. The van der Waals surface area contributed by atoms with Gasteiger partial charge in [0.1, 0.15) is 17.7 Å². The number of ether oxygens (including phenoxy) is 2. The molecule has 21 heavy (non-hydrogen) atoms. The minimum Gasteiger partial charge on any atom is -0.488 e. The van der Waals surface area contributed by atoms with Gasteiger partial charge in [-0.05, 0) is 25.9 Å². The Kier molecular flexibility index (Phi) is 3.77. The highest BCUT2D eigenvalue weighted by molar-refractivity contribution is 5.39. The Labute approximate surface area is 121 Å². The fourth-order valence-corrected chi connectivity index (χ4v) is 3.02. The number of non-ortho nitro benzene ring substituents is 1. The second-order valence-electron chi connectivity index (χ2n) is 5.59. The molecular formula is C14H17FN2O4. The second kappa shape index (κ2) is 5.57. The molecular weight excluding hydrogens is 279 g/mol. The Balaban J connectivity index is 1.69. The third kappa shape index (κ3) is 3.14. The Bertz CT molecular complexity index is 546. The lowest BCUT2D eigenvalue weighted by atomic mass is 9.89. The van der Waals surface area contributed by atoms with Crippen molar-refractivity contribution in [3.8, 4) is 5.75 Å². The number of nitro benzene ring substituents is 1. The number of piperidine rings is 1. The summed E-state index contributed by atoms with van der Waals surface area (Å²) in [6.45, 7) is 2.26. The van der Waals surface area contributed by atoms with E-state index in [0.717, 1.165) is 38.4 Å². The van der Waals surface area contributed by atoms with Gasteiger partial charge in [0.05, 0.1) is 29.3 Å². The van der Waals surface area contributed by atoms with Crippen molar-refractivity contribution in [2.45, 2.75) is 31.0 Å². The predicted molar refractivity (Wildman–Crippen MR) is 72.9 cm³/mol. The van der Waals surface area contributed by atoms with E-state index in [4.69, 9.17) is 9.47 Å². The molecule has 1 spiro atoms. The number of hydrogen-bond acceptors (Lipinski definition) is 5. The average molecular weight is 296 g/mol. The zero-order valence-corrected chi connectivity index (χ0v) is 11.5. The van der Waals surface area contributed by atoms with Gasteiger partial charge in [0.25, 0.3) is 5.69 Å². The fraction of sp³-hybridized carbons (Fsp3) is 0.571. The standard InChI is InChI=1S/C14H17FN2O4/c15-10-5-11(17(18)19)7-12(6-10)21-13-8-14(20-9-13)1-3-16-4-2-14/h5-7,13,16H,1-4,8-9H2. The van der Waals surface area contributed by atoms with Gasteiger partial charge in [-0.3, -0.25) is 10.1 Å². The highest BCUT2D eigenvalue weighted by Crippen LogP contribution is 2.36. The molecule has 1 aromatic carbocycles. The molecule has 114 valence electrons. The van der Waals surface area contributed by atoms with E-state index < -0.39 is 10.7 Å². The third-order valence-electron chi connectivity index (χ3n) is 4.06. The van der Waals surface area contributed by atoms with Crippen LogP contribution in [-0.2, 0) is 4.74 Å². The van der Waals surface area contributed by atoms with Crippen LogP contribution in [-0.4, -0.2) is 36.3 Å². The molecule has 1 N–H and O–H groups in total. The van der Waals surface area contributed by atoms with Crippen LogP contribution < -0.4 is 10.1 Å². The van der Waals surface area contributed by atoms with Crippen molar-refractivity contribution in [2.75, 3.05) is 19.7 Å². The first kappa shape index (κ1) is 14.2. The minimum atomic E-state index is -0.672. The van der Waals surface area contributed by atoms with Gasteiger partial charge in [0, 0.05) is 12.5 Å². The number of benzene rings is 1. The van der Waals surface area contributed by atoms with Crippen molar-refractivity contribution < 1.29 is 18.8 Å². The summed E-state index contributed by atoms with van der Waals surface area (Å²) in [5.74, 6) is -0.490. The van der Waals surface area contributed by atoms with E-state index in [1.165, 1.54) is 12.1 Å². The van der Waals surface area contributed by atoms with Gasteiger partial charge in [-0.2, -0.15) is 0 Å². The van der Waals surface area contributed by atoms with E-state index in [-0.39, 0.29) is 23.1 Å². The zero-order chi connectivity index (χ0) is 14.9. The lowest BCUT2D eigenvalue weighted by Crippen LogP contribution is -2.41.